The zero-order chi connectivity index (χ0) is 8.81. The average molecular weight is 170 g/mol. The molecule has 0 unspecified atom stereocenters. The summed E-state index contributed by atoms with van der Waals surface area (Å²) in [6.07, 6.45) is 1.66. The van der Waals surface area contributed by atoms with Crippen molar-refractivity contribution in [3.8, 4) is 0 Å². The Morgan fingerprint density at radius 3 is 3.08 bits per heavy atom. The zero-order valence-corrected chi connectivity index (χ0v) is 7.45. The third kappa shape index (κ3) is 2.60. The molecule has 1 heterocycles. The monoisotopic (exact) mass is 170 g/mol. The fraction of sp³-hybridized carbons (Fsp3) is 0.714. The minimum atomic E-state index is 0.526. The highest BCUT2D eigenvalue weighted by atomic mass is 16.5. The highest BCUT2D eigenvalue weighted by Crippen LogP contribution is 1.93. The quantitative estimate of drug-likeness (QED) is 0.608. The van der Waals surface area contributed by atoms with Gasteiger partial charge in [-0.05, 0) is 7.05 Å². The number of aromatic nitrogens is 3. The van der Waals surface area contributed by atoms with Crippen LogP contribution in [-0.2, 0) is 18.4 Å². The molecule has 5 nitrogen and oxygen atoms in total. The second-order valence-corrected chi connectivity index (χ2v) is 2.51. The van der Waals surface area contributed by atoms with Gasteiger partial charge in [0.05, 0.1) is 6.61 Å². The van der Waals surface area contributed by atoms with E-state index in [1.807, 2.05) is 18.7 Å². The van der Waals surface area contributed by atoms with E-state index >= 15 is 0 Å². The molecule has 0 aliphatic heterocycles. The first-order chi connectivity index (χ1) is 5.84. The minimum Gasteiger partial charge on any atom is -0.372 e. The summed E-state index contributed by atoms with van der Waals surface area (Å²) in [6, 6.07) is 0. The molecular weight excluding hydrogens is 156 g/mol. The maximum atomic E-state index is 5.31. The van der Waals surface area contributed by atoms with Crippen LogP contribution >= 0.6 is 0 Å². The summed E-state index contributed by atoms with van der Waals surface area (Å²) in [4.78, 5) is 0. The van der Waals surface area contributed by atoms with Gasteiger partial charge in [0.1, 0.15) is 12.9 Å². The van der Waals surface area contributed by atoms with E-state index in [1.54, 1.807) is 6.33 Å². The van der Waals surface area contributed by atoms with Gasteiger partial charge >= 0.3 is 0 Å². The number of rotatable bonds is 5. The maximum absolute atomic E-state index is 5.31. The number of hydrogen-bond donors (Lipinski definition) is 1. The van der Waals surface area contributed by atoms with E-state index in [9.17, 15) is 0 Å². The van der Waals surface area contributed by atoms with Crippen molar-refractivity contribution in [1.82, 2.24) is 20.1 Å². The lowest BCUT2D eigenvalue weighted by atomic mass is 10.6. The highest BCUT2D eigenvalue weighted by Gasteiger charge is 1.98. The fourth-order valence-electron chi connectivity index (χ4n) is 0.775. The molecule has 0 amide bonds. The Kier molecular flexibility index (Phi) is 3.69. The van der Waals surface area contributed by atoms with Gasteiger partial charge in [0.25, 0.3) is 0 Å². The predicted octanol–water partition coefficient (Wildman–Crippen LogP) is -0.449. The Morgan fingerprint density at radius 2 is 2.50 bits per heavy atom. The highest BCUT2D eigenvalue weighted by molar-refractivity contribution is 4.80. The first-order valence-electron chi connectivity index (χ1n) is 3.90. The lowest BCUT2D eigenvalue weighted by Gasteiger charge is -2.02. The summed E-state index contributed by atoms with van der Waals surface area (Å²) >= 11 is 0. The van der Waals surface area contributed by atoms with Crippen molar-refractivity contribution in [2.45, 2.75) is 6.61 Å². The molecule has 68 valence electrons. The van der Waals surface area contributed by atoms with E-state index in [0.717, 1.165) is 12.4 Å². The van der Waals surface area contributed by atoms with Gasteiger partial charge in [-0.2, -0.15) is 0 Å². The van der Waals surface area contributed by atoms with Gasteiger partial charge in [-0.15, -0.1) is 10.2 Å². The van der Waals surface area contributed by atoms with Crippen molar-refractivity contribution in [2.75, 3.05) is 20.2 Å². The first-order valence-corrected chi connectivity index (χ1v) is 3.90. The minimum absolute atomic E-state index is 0.526. The van der Waals surface area contributed by atoms with E-state index in [4.69, 9.17) is 4.74 Å². The van der Waals surface area contributed by atoms with Crippen LogP contribution in [0, 0.1) is 0 Å². The van der Waals surface area contributed by atoms with E-state index in [2.05, 4.69) is 15.5 Å². The van der Waals surface area contributed by atoms with Crippen molar-refractivity contribution in [3.05, 3.63) is 12.2 Å². The summed E-state index contributed by atoms with van der Waals surface area (Å²) in [5.41, 5.74) is 0. The van der Waals surface area contributed by atoms with Gasteiger partial charge in [0.15, 0.2) is 5.82 Å². The Hall–Kier alpha value is -0.940. The van der Waals surface area contributed by atoms with Crippen LogP contribution in [0.25, 0.3) is 0 Å². The van der Waals surface area contributed by atoms with Crippen LogP contribution in [0.15, 0.2) is 6.33 Å². The number of hydrogen-bond acceptors (Lipinski definition) is 4. The normalized spacial score (nSPS) is 10.5. The Labute approximate surface area is 71.7 Å². The van der Waals surface area contributed by atoms with Crippen molar-refractivity contribution in [2.24, 2.45) is 7.05 Å². The third-order valence-corrected chi connectivity index (χ3v) is 1.53. The molecule has 0 radical (unpaired) electrons. The summed E-state index contributed by atoms with van der Waals surface area (Å²) in [5.74, 6) is 0.853. The summed E-state index contributed by atoms with van der Waals surface area (Å²) in [7, 11) is 3.79. The Balaban J connectivity index is 2.20. The number of likely N-dealkylation sites (N-methyl/N-ethyl adjacent to an activating group) is 1. The predicted molar refractivity (Wildman–Crippen MR) is 44.6 cm³/mol. The van der Waals surface area contributed by atoms with Crippen LogP contribution in [0.1, 0.15) is 5.82 Å². The van der Waals surface area contributed by atoms with Crippen molar-refractivity contribution in [1.29, 1.82) is 0 Å². The molecule has 0 aromatic carbocycles. The number of nitrogens with zero attached hydrogens (tertiary/aromatic N) is 3. The summed E-state index contributed by atoms with van der Waals surface area (Å²) < 4.78 is 7.16. The van der Waals surface area contributed by atoms with Gasteiger partial charge in [-0.1, -0.05) is 0 Å². The molecule has 1 aromatic heterocycles. The molecule has 12 heavy (non-hydrogen) atoms. The van der Waals surface area contributed by atoms with Gasteiger partial charge in [-0.3, -0.25) is 0 Å². The van der Waals surface area contributed by atoms with E-state index < -0.39 is 0 Å². The van der Waals surface area contributed by atoms with Crippen LogP contribution in [0.3, 0.4) is 0 Å². The molecule has 0 saturated carbocycles. The van der Waals surface area contributed by atoms with Crippen LogP contribution in [0.5, 0.6) is 0 Å². The lowest BCUT2D eigenvalue weighted by molar-refractivity contribution is 0.116. The van der Waals surface area contributed by atoms with Crippen LogP contribution in [0.4, 0.5) is 0 Å². The van der Waals surface area contributed by atoms with Crippen molar-refractivity contribution in [3.63, 3.8) is 0 Å². The third-order valence-electron chi connectivity index (χ3n) is 1.53. The molecular formula is C7H14N4O. The molecule has 5 heteroatoms. The first kappa shape index (κ1) is 9.15. The summed E-state index contributed by atoms with van der Waals surface area (Å²) in [5, 5.41) is 10.6. The number of nitrogens with one attached hydrogen (secondary N) is 1. The second kappa shape index (κ2) is 4.84. The SMILES string of the molecule is CNCCOCc1nncn1C. The van der Waals surface area contributed by atoms with Crippen molar-refractivity contribution >= 4 is 0 Å². The smallest absolute Gasteiger partial charge is 0.158 e. The number of ether oxygens (including phenoxy) is 1. The Bertz CT molecular complexity index is 223. The van der Waals surface area contributed by atoms with Gasteiger partial charge in [0, 0.05) is 13.6 Å². The van der Waals surface area contributed by atoms with E-state index in [0.29, 0.717) is 13.2 Å². The average Bonchev–Trinajstić information content (AvgIpc) is 2.46. The van der Waals surface area contributed by atoms with E-state index in [-0.39, 0.29) is 0 Å². The van der Waals surface area contributed by atoms with Crippen LogP contribution < -0.4 is 5.32 Å². The maximum Gasteiger partial charge on any atom is 0.158 e. The van der Waals surface area contributed by atoms with Gasteiger partial charge in [-0.25, -0.2) is 0 Å². The van der Waals surface area contributed by atoms with Gasteiger partial charge in [0.2, 0.25) is 0 Å². The van der Waals surface area contributed by atoms with Crippen molar-refractivity contribution < 1.29 is 4.74 Å². The topological polar surface area (TPSA) is 52.0 Å². The van der Waals surface area contributed by atoms with Crippen LogP contribution in [-0.4, -0.2) is 35.0 Å². The molecule has 0 atom stereocenters. The molecule has 0 fully saturated rings. The lowest BCUT2D eigenvalue weighted by Crippen LogP contribution is -2.14. The molecule has 0 spiro atoms. The molecule has 1 rings (SSSR count). The fourth-order valence-corrected chi connectivity index (χ4v) is 0.775. The van der Waals surface area contributed by atoms with Gasteiger partial charge < -0.3 is 14.6 Å². The Morgan fingerprint density at radius 1 is 1.67 bits per heavy atom. The molecule has 0 aliphatic carbocycles. The zero-order valence-electron chi connectivity index (χ0n) is 7.45. The standard InChI is InChI=1S/C7H14N4O/c1-8-3-4-12-5-7-10-9-6-11(7)2/h6,8H,3-5H2,1-2H3. The molecule has 0 aliphatic rings. The van der Waals surface area contributed by atoms with Crippen LogP contribution in [0.2, 0.25) is 0 Å². The largest absolute Gasteiger partial charge is 0.372 e. The molecule has 0 saturated heterocycles. The molecule has 0 bridgehead atoms. The van der Waals surface area contributed by atoms with E-state index in [1.165, 1.54) is 0 Å². The summed E-state index contributed by atoms with van der Waals surface area (Å²) in [6.45, 7) is 2.08. The molecule has 1 aromatic rings. The molecule has 1 N–H and O–H groups in total. The second-order valence-electron chi connectivity index (χ2n) is 2.51. The number of aryl methyl sites for hydroxylation is 1.